The molecule has 0 saturated carbocycles. The largest absolute Gasteiger partial charge is 0.382 e. The van der Waals surface area contributed by atoms with Crippen LogP contribution in [0.4, 0.5) is 0 Å². The van der Waals surface area contributed by atoms with Gasteiger partial charge in [-0.2, -0.15) is 5.10 Å². The lowest BCUT2D eigenvalue weighted by Gasteiger charge is -2.08. The molecule has 1 unspecified atom stereocenters. The fraction of sp³-hybridized carbons (Fsp3) is 0.167. The van der Waals surface area contributed by atoms with Gasteiger partial charge in [-0.1, -0.05) is 35.5 Å². The third-order valence-electron chi connectivity index (χ3n) is 4.14. The number of H-pyrrole nitrogens is 1. The van der Waals surface area contributed by atoms with Crippen LogP contribution in [0.5, 0.6) is 0 Å². The third kappa shape index (κ3) is 2.28. The number of fused-ring (bicyclic) bond motifs is 1. The van der Waals surface area contributed by atoms with E-state index in [1.54, 1.807) is 6.20 Å². The first kappa shape index (κ1) is 14.6. The van der Waals surface area contributed by atoms with E-state index in [4.69, 9.17) is 4.52 Å². The highest BCUT2D eigenvalue weighted by Crippen LogP contribution is 2.31. The first-order chi connectivity index (χ1) is 11.6. The average Bonchev–Trinajstić information content (AvgIpc) is 3.17. The highest BCUT2D eigenvalue weighted by molar-refractivity contribution is 5.84. The highest BCUT2D eigenvalue weighted by Gasteiger charge is 2.19. The molecule has 6 nitrogen and oxygen atoms in total. The molecular weight excluding hydrogens is 304 g/mol. The number of hydrogen-bond acceptors (Lipinski definition) is 5. The lowest BCUT2D eigenvalue weighted by atomic mass is 10.0. The number of rotatable bonds is 3. The Kier molecular flexibility index (Phi) is 3.39. The Labute approximate surface area is 138 Å². The van der Waals surface area contributed by atoms with Crippen molar-refractivity contribution >= 4 is 11.0 Å². The predicted molar refractivity (Wildman–Crippen MR) is 89.4 cm³/mol. The minimum atomic E-state index is -0.818. The molecular formula is C18H16N4O2. The summed E-state index contributed by atoms with van der Waals surface area (Å²) in [5.41, 5.74) is 4.59. The topological polar surface area (TPSA) is 87.8 Å². The summed E-state index contributed by atoms with van der Waals surface area (Å²) in [5, 5.41) is 22.6. The van der Waals surface area contributed by atoms with Gasteiger partial charge in [0.25, 0.3) is 0 Å². The van der Waals surface area contributed by atoms with Crippen molar-refractivity contribution < 1.29 is 9.63 Å². The van der Waals surface area contributed by atoms with Crippen LogP contribution in [0.25, 0.3) is 22.2 Å². The van der Waals surface area contributed by atoms with Gasteiger partial charge in [0.15, 0.2) is 5.65 Å². The third-order valence-corrected chi connectivity index (χ3v) is 4.14. The van der Waals surface area contributed by atoms with Gasteiger partial charge in [0.1, 0.15) is 17.6 Å². The summed E-state index contributed by atoms with van der Waals surface area (Å²) < 4.78 is 5.24. The summed E-state index contributed by atoms with van der Waals surface area (Å²) in [6.07, 6.45) is 0.938. The van der Waals surface area contributed by atoms with E-state index in [0.29, 0.717) is 11.3 Å². The fourth-order valence-corrected chi connectivity index (χ4v) is 2.96. The molecule has 1 aromatic carbocycles. The van der Waals surface area contributed by atoms with Crippen molar-refractivity contribution in [2.75, 3.05) is 0 Å². The van der Waals surface area contributed by atoms with Crippen molar-refractivity contribution in [3.63, 3.8) is 0 Å². The van der Waals surface area contributed by atoms with Gasteiger partial charge >= 0.3 is 0 Å². The van der Waals surface area contributed by atoms with Crippen LogP contribution in [0.2, 0.25) is 0 Å². The van der Waals surface area contributed by atoms with Gasteiger partial charge in [-0.25, -0.2) is 4.98 Å². The van der Waals surface area contributed by atoms with Crippen molar-refractivity contribution in [1.29, 1.82) is 0 Å². The molecule has 0 aliphatic carbocycles. The van der Waals surface area contributed by atoms with E-state index >= 15 is 0 Å². The van der Waals surface area contributed by atoms with Crippen molar-refractivity contribution in [3.05, 3.63) is 65.3 Å². The molecule has 2 N–H and O–H groups in total. The molecule has 1 atom stereocenters. The molecule has 0 amide bonds. The first-order valence-corrected chi connectivity index (χ1v) is 7.65. The average molecular weight is 320 g/mol. The Morgan fingerprint density at radius 2 is 1.96 bits per heavy atom. The Hall–Kier alpha value is -2.99. The number of nitrogens with one attached hydrogen (secondary N) is 1. The second-order valence-corrected chi connectivity index (χ2v) is 5.74. The Bertz CT molecular complexity index is 985. The number of pyridine rings is 1. The maximum absolute atomic E-state index is 10.7. The number of aromatic nitrogens is 4. The summed E-state index contributed by atoms with van der Waals surface area (Å²) in [6.45, 7) is 3.76. The number of aromatic amines is 1. The first-order valence-electron chi connectivity index (χ1n) is 7.65. The summed E-state index contributed by atoms with van der Waals surface area (Å²) in [6, 6.07) is 11.4. The second kappa shape index (κ2) is 5.58. The number of hydrogen-bond donors (Lipinski definition) is 2. The molecule has 4 aromatic rings. The molecule has 0 aliphatic rings. The number of benzene rings is 1. The highest BCUT2D eigenvalue weighted by atomic mass is 16.5. The van der Waals surface area contributed by atoms with E-state index < -0.39 is 6.10 Å². The molecule has 24 heavy (non-hydrogen) atoms. The van der Waals surface area contributed by atoms with E-state index in [2.05, 4.69) is 20.3 Å². The normalized spacial score (nSPS) is 12.6. The van der Waals surface area contributed by atoms with Crippen LogP contribution in [0.15, 0.2) is 47.1 Å². The molecule has 4 rings (SSSR count). The van der Waals surface area contributed by atoms with E-state index in [-0.39, 0.29) is 0 Å². The molecule has 0 spiro atoms. The minimum Gasteiger partial charge on any atom is -0.382 e. The van der Waals surface area contributed by atoms with E-state index in [9.17, 15) is 5.11 Å². The van der Waals surface area contributed by atoms with Gasteiger partial charge in [-0.15, -0.1) is 0 Å². The summed E-state index contributed by atoms with van der Waals surface area (Å²) >= 11 is 0. The van der Waals surface area contributed by atoms with Crippen LogP contribution >= 0.6 is 0 Å². The number of aliphatic hydroxyl groups is 1. The Morgan fingerprint density at radius 1 is 1.17 bits per heavy atom. The molecule has 0 fully saturated rings. The van der Waals surface area contributed by atoms with E-state index in [0.717, 1.165) is 33.5 Å². The van der Waals surface area contributed by atoms with Gasteiger partial charge in [-0.05, 0) is 25.5 Å². The fourth-order valence-electron chi connectivity index (χ4n) is 2.96. The van der Waals surface area contributed by atoms with Crippen molar-refractivity contribution in [2.24, 2.45) is 0 Å². The molecule has 3 aromatic heterocycles. The van der Waals surface area contributed by atoms with Crippen molar-refractivity contribution in [1.82, 2.24) is 20.3 Å². The van der Waals surface area contributed by atoms with Crippen molar-refractivity contribution in [3.8, 4) is 11.1 Å². The van der Waals surface area contributed by atoms with Gasteiger partial charge in [0.2, 0.25) is 0 Å². The quantitative estimate of drug-likeness (QED) is 0.604. The molecule has 0 radical (unpaired) electrons. The summed E-state index contributed by atoms with van der Waals surface area (Å²) in [4.78, 5) is 4.42. The maximum atomic E-state index is 10.7. The second-order valence-electron chi connectivity index (χ2n) is 5.74. The van der Waals surface area contributed by atoms with E-state index in [1.165, 1.54) is 0 Å². The van der Waals surface area contributed by atoms with Gasteiger partial charge in [0, 0.05) is 22.7 Å². The van der Waals surface area contributed by atoms with E-state index in [1.807, 2.05) is 50.2 Å². The molecule has 6 heteroatoms. The number of nitrogens with zero attached hydrogens (tertiary/aromatic N) is 3. The molecule has 0 saturated heterocycles. The van der Waals surface area contributed by atoms with Gasteiger partial charge in [-0.3, -0.25) is 5.10 Å². The van der Waals surface area contributed by atoms with Crippen LogP contribution in [-0.4, -0.2) is 25.4 Å². The molecule has 3 heterocycles. The van der Waals surface area contributed by atoms with Crippen LogP contribution < -0.4 is 0 Å². The van der Waals surface area contributed by atoms with Crippen LogP contribution in [0.1, 0.15) is 28.8 Å². The lowest BCUT2D eigenvalue weighted by molar-refractivity contribution is 0.216. The van der Waals surface area contributed by atoms with Gasteiger partial charge in [0.05, 0.1) is 5.69 Å². The monoisotopic (exact) mass is 320 g/mol. The zero-order valence-corrected chi connectivity index (χ0v) is 13.3. The Morgan fingerprint density at radius 3 is 2.67 bits per heavy atom. The zero-order chi connectivity index (χ0) is 16.7. The van der Waals surface area contributed by atoms with Crippen LogP contribution in [-0.2, 0) is 0 Å². The zero-order valence-electron chi connectivity index (χ0n) is 13.3. The van der Waals surface area contributed by atoms with Crippen LogP contribution in [0.3, 0.4) is 0 Å². The summed E-state index contributed by atoms with van der Waals surface area (Å²) in [7, 11) is 0. The van der Waals surface area contributed by atoms with Gasteiger partial charge < -0.3 is 9.63 Å². The minimum absolute atomic E-state index is 0.553. The molecule has 120 valence electrons. The van der Waals surface area contributed by atoms with Crippen LogP contribution in [0, 0.1) is 13.8 Å². The molecule has 0 aliphatic heterocycles. The number of aryl methyl sites for hydroxylation is 2. The Balaban J connectivity index is 1.85. The van der Waals surface area contributed by atoms with Crippen molar-refractivity contribution in [2.45, 2.75) is 20.0 Å². The lowest BCUT2D eigenvalue weighted by Crippen LogP contribution is -2.00. The smallest absolute Gasteiger partial charge is 0.155 e. The predicted octanol–water partition coefficient (Wildman–Crippen LogP) is 3.31. The molecule has 0 bridgehead atoms. The standard InChI is InChI=1S/C18H16N4O2/c1-10-15(11(2)24-22-10)13-8-14-16(20-21-18(14)19-9-13)17(23)12-6-4-3-5-7-12/h3-9,17,23H,1-2H3,(H,19,20,21). The summed E-state index contributed by atoms with van der Waals surface area (Å²) in [5.74, 6) is 0.738. The SMILES string of the molecule is Cc1noc(C)c1-c1cnc2[nH]nc(C(O)c3ccccc3)c2c1. The maximum Gasteiger partial charge on any atom is 0.155 e. The number of aliphatic hydroxyl groups excluding tert-OH is 1.